The monoisotopic (exact) mass is 370 g/mol. The van der Waals surface area contributed by atoms with Gasteiger partial charge in [-0.15, -0.1) is 0 Å². The Kier molecular flexibility index (Phi) is 6.08. The summed E-state index contributed by atoms with van der Waals surface area (Å²) in [4.78, 5) is 25.7. The number of nitrogens with zero attached hydrogens (tertiary/aromatic N) is 4. The number of nitrogens with two attached hydrogens (primary N) is 1. The lowest BCUT2D eigenvalue weighted by Gasteiger charge is -2.34. The second kappa shape index (κ2) is 8.68. The molecule has 1 saturated heterocycles. The maximum absolute atomic E-state index is 12.5. The van der Waals surface area contributed by atoms with Gasteiger partial charge >= 0.3 is 0 Å². The maximum atomic E-state index is 12.5. The molecule has 0 unspecified atom stereocenters. The molecule has 3 rings (SSSR count). The number of nitrogens with one attached hydrogen (secondary N) is 1. The molecule has 0 radical (unpaired) electrons. The summed E-state index contributed by atoms with van der Waals surface area (Å²) < 4.78 is 5.11. The van der Waals surface area contributed by atoms with Gasteiger partial charge in [0.15, 0.2) is 0 Å². The van der Waals surface area contributed by atoms with Crippen molar-refractivity contribution in [3.05, 3.63) is 36.0 Å². The summed E-state index contributed by atoms with van der Waals surface area (Å²) in [5.74, 6) is 1.14. The van der Waals surface area contributed by atoms with E-state index in [2.05, 4.69) is 32.0 Å². The number of nitrogen functional groups attached to an aromatic ring is 1. The smallest absolute Gasteiger partial charge is 0.260 e. The van der Waals surface area contributed by atoms with Crippen molar-refractivity contribution in [1.29, 1.82) is 0 Å². The minimum absolute atomic E-state index is 0.182. The highest BCUT2D eigenvalue weighted by Gasteiger charge is 2.20. The lowest BCUT2D eigenvalue weighted by atomic mass is 10.2. The van der Waals surface area contributed by atoms with Crippen LogP contribution in [0.4, 0.5) is 17.5 Å². The molecule has 0 saturated carbocycles. The van der Waals surface area contributed by atoms with Gasteiger partial charge in [-0.05, 0) is 37.2 Å². The van der Waals surface area contributed by atoms with E-state index in [1.807, 2.05) is 0 Å². The maximum Gasteiger partial charge on any atom is 0.260 e. The van der Waals surface area contributed by atoms with Crippen LogP contribution in [0.5, 0.6) is 5.75 Å². The molecule has 1 amide bonds. The standard InChI is InChI=1S/C19H26N6O2/c1-3-8-24-9-11-25(12-10-24)19-21-13-16(17(20)23-19)18(26)22-14-4-6-15(27-2)7-5-14/h4-7,13H,3,8-12H2,1-2H3,(H,22,26)(H2,20,21,23). The van der Waals surface area contributed by atoms with Crippen molar-refractivity contribution in [2.24, 2.45) is 0 Å². The highest BCUT2D eigenvalue weighted by atomic mass is 16.5. The number of carbonyl (C=O) groups is 1. The molecule has 27 heavy (non-hydrogen) atoms. The van der Waals surface area contributed by atoms with E-state index < -0.39 is 0 Å². The first kappa shape index (κ1) is 18.9. The van der Waals surface area contributed by atoms with E-state index in [0.717, 1.165) is 44.9 Å². The van der Waals surface area contributed by atoms with Crippen molar-refractivity contribution in [2.45, 2.75) is 13.3 Å². The summed E-state index contributed by atoms with van der Waals surface area (Å²) in [6.07, 6.45) is 2.65. The quantitative estimate of drug-likeness (QED) is 0.801. The van der Waals surface area contributed by atoms with Gasteiger partial charge in [-0.1, -0.05) is 6.92 Å². The predicted octanol–water partition coefficient (Wildman–Crippen LogP) is 1.85. The number of methoxy groups -OCH3 is 1. The highest BCUT2D eigenvalue weighted by molar-refractivity contribution is 6.07. The largest absolute Gasteiger partial charge is 0.497 e. The van der Waals surface area contributed by atoms with Crippen molar-refractivity contribution < 1.29 is 9.53 Å². The van der Waals surface area contributed by atoms with Crippen LogP contribution in [0.15, 0.2) is 30.5 Å². The first-order valence-corrected chi connectivity index (χ1v) is 9.16. The number of aromatic nitrogens is 2. The van der Waals surface area contributed by atoms with Gasteiger partial charge in [0, 0.05) is 38.1 Å². The summed E-state index contributed by atoms with van der Waals surface area (Å²) in [5.41, 5.74) is 6.95. The first-order chi connectivity index (χ1) is 13.1. The Labute approximate surface area is 159 Å². The summed E-state index contributed by atoms with van der Waals surface area (Å²) in [7, 11) is 1.59. The lowest BCUT2D eigenvalue weighted by Crippen LogP contribution is -2.47. The molecule has 1 fully saturated rings. The summed E-state index contributed by atoms with van der Waals surface area (Å²) in [6.45, 7) is 6.98. The minimum atomic E-state index is -0.336. The summed E-state index contributed by atoms with van der Waals surface area (Å²) >= 11 is 0. The zero-order valence-corrected chi connectivity index (χ0v) is 15.8. The second-order valence-electron chi connectivity index (χ2n) is 6.48. The van der Waals surface area contributed by atoms with E-state index in [4.69, 9.17) is 10.5 Å². The molecule has 1 aromatic carbocycles. The van der Waals surface area contributed by atoms with Crippen molar-refractivity contribution in [1.82, 2.24) is 14.9 Å². The third-order valence-corrected chi connectivity index (χ3v) is 4.59. The van der Waals surface area contributed by atoms with Crippen LogP contribution >= 0.6 is 0 Å². The van der Waals surface area contributed by atoms with Crippen LogP contribution in [0.3, 0.4) is 0 Å². The Hall–Kier alpha value is -2.87. The summed E-state index contributed by atoms with van der Waals surface area (Å²) in [5, 5.41) is 2.79. The molecular formula is C19H26N6O2. The molecule has 8 nitrogen and oxygen atoms in total. The van der Waals surface area contributed by atoms with Crippen molar-refractivity contribution >= 4 is 23.4 Å². The fraction of sp³-hybridized carbons (Fsp3) is 0.421. The molecule has 0 spiro atoms. The van der Waals surface area contributed by atoms with Crippen LogP contribution in [0.25, 0.3) is 0 Å². The van der Waals surface area contributed by atoms with Gasteiger partial charge < -0.3 is 20.7 Å². The fourth-order valence-corrected chi connectivity index (χ4v) is 3.07. The number of amides is 1. The molecule has 1 aromatic heterocycles. The van der Waals surface area contributed by atoms with Crippen LogP contribution in [0, 0.1) is 0 Å². The Morgan fingerprint density at radius 1 is 1.22 bits per heavy atom. The van der Waals surface area contributed by atoms with Crippen LogP contribution in [-0.2, 0) is 0 Å². The molecule has 2 aromatic rings. The molecule has 3 N–H and O–H groups in total. The van der Waals surface area contributed by atoms with E-state index in [0.29, 0.717) is 11.6 Å². The number of hydrogen-bond acceptors (Lipinski definition) is 7. The minimum Gasteiger partial charge on any atom is -0.497 e. The number of piperazine rings is 1. The third kappa shape index (κ3) is 4.65. The van der Waals surface area contributed by atoms with Gasteiger partial charge in [-0.2, -0.15) is 4.98 Å². The van der Waals surface area contributed by atoms with E-state index in [1.54, 1.807) is 31.4 Å². The van der Waals surface area contributed by atoms with Crippen LogP contribution in [-0.4, -0.2) is 60.6 Å². The lowest BCUT2D eigenvalue weighted by molar-refractivity contribution is 0.102. The Morgan fingerprint density at radius 3 is 2.52 bits per heavy atom. The van der Waals surface area contributed by atoms with Gasteiger partial charge in [0.05, 0.1) is 7.11 Å². The van der Waals surface area contributed by atoms with Crippen LogP contribution < -0.4 is 20.7 Å². The molecular weight excluding hydrogens is 344 g/mol. The number of carbonyl (C=O) groups excluding carboxylic acids is 1. The molecule has 8 heteroatoms. The molecule has 144 valence electrons. The molecule has 0 aliphatic carbocycles. The number of anilines is 3. The zero-order chi connectivity index (χ0) is 19.2. The number of ether oxygens (including phenoxy) is 1. The topological polar surface area (TPSA) is 96.6 Å². The number of hydrogen-bond donors (Lipinski definition) is 2. The van der Waals surface area contributed by atoms with Gasteiger partial charge in [0.1, 0.15) is 17.1 Å². The third-order valence-electron chi connectivity index (χ3n) is 4.59. The van der Waals surface area contributed by atoms with Gasteiger partial charge in [0.25, 0.3) is 5.91 Å². The summed E-state index contributed by atoms with van der Waals surface area (Å²) in [6, 6.07) is 7.07. The first-order valence-electron chi connectivity index (χ1n) is 9.16. The molecule has 0 bridgehead atoms. The normalized spacial score (nSPS) is 14.8. The van der Waals surface area contributed by atoms with Gasteiger partial charge in [0.2, 0.25) is 5.95 Å². The van der Waals surface area contributed by atoms with Crippen molar-refractivity contribution in [3.63, 3.8) is 0 Å². The predicted molar refractivity (Wildman–Crippen MR) is 106 cm³/mol. The van der Waals surface area contributed by atoms with Crippen molar-refractivity contribution in [3.8, 4) is 5.75 Å². The zero-order valence-electron chi connectivity index (χ0n) is 15.8. The molecule has 1 aliphatic rings. The van der Waals surface area contributed by atoms with E-state index >= 15 is 0 Å². The highest BCUT2D eigenvalue weighted by Crippen LogP contribution is 2.19. The molecule has 0 atom stereocenters. The van der Waals surface area contributed by atoms with Gasteiger partial charge in [-0.25, -0.2) is 4.98 Å². The fourth-order valence-electron chi connectivity index (χ4n) is 3.07. The van der Waals surface area contributed by atoms with E-state index in [9.17, 15) is 4.79 Å². The second-order valence-corrected chi connectivity index (χ2v) is 6.48. The Bertz CT molecular complexity index is 772. The van der Waals surface area contributed by atoms with E-state index in [-0.39, 0.29) is 17.3 Å². The molecule has 1 aliphatic heterocycles. The van der Waals surface area contributed by atoms with Gasteiger partial charge in [-0.3, -0.25) is 9.69 Å². The average molecular weight is 370 g/mol. The van der Waals surface area contributed by atoms with Crippen LogP contribution in [0.1, 0.15) is 23.7 Å². The molecule has 2 heterocycles. The number of benzene rings is 1. The van der Waals surface area contributed by atoms with E-state index in [1.165, 1.54) is 6.20 Å². The SMILES string of the molecule is CCCN1CCN(c2ncc(C(=O)Nc3ccc(OC)cc3)c(N)n2)CC1. The Balaban J connectivity index is 1.64. The van der Waals surface area contributed by atoms with Crippen molar-refractivity contribution in [2.75, 3.05) is 55.8 Å². The Morgan fingerprint density at radius 2 is 1.93 bits per heavy atom. The van der Waals surface area contributed by atoms with Crippen LogP contribution in [0.2, 0.25) is 0 Å². The average Bonchev–Trinajstić information content (AvgIpc) is 2.69. The number of rotatable bonds is 6.